The van der Waals surface area contributed by atoms with Crippen LogP contribution in [0.5, 0.6) is 17.2 Å². The highest BCUT2D eigenvalue weighted by molar-refractivity contribution is 7.22. The Bertz CT molecular complexity index is 1780. The van der Waals surface area contributed by atoms with E-state index < -0.39 is 23.5 Å². The first-order chi connectivity index (χ1) is 20.3. The van der Waals surface area contributed by atoms with Crippen molar-refractivity contribution in [2.24, 2.45) is 0 Å². The van der Waals surface area contributed by atoms with Crippen molar-refractivity contribution in [1.82, 2.24) is 4.98 Å². The number of nitrogens with zero attached hydrogens (tertiary/aromatic N) is 2. The minimum Gasteiger partial charge on any atom is -0.507 e. The van der Waals surface area contributed by atoms with Gasteiger partial charge in [-0.1, -0.05) is 30.1 Å². The predicted octanol–water partition coefficient (Wildman–Crippen LogP) is 6.35. The van der Waals surface area contributed by atoms with Crippen molar-refractivity contribution in [3.8, 4) is 17.2 Å². The average Bonchev–Trinajstić information content (AvgIpc) is 3.63. The van der Waals surface area contributed by atoms with Crippen molar-refractivity contribution >= 4 is 44.1 Å². The molecule has 1 saturated heterocycles. The highest BCUT2D eigenvalue weighted by Gasteiger charge is 2.48. The quantitative estimate of drug-likeness (QED) is 0.111. The normalized spacial score (nSPS) is 19.2. The molecule has 2 aliphatic rings. The summed E-state index contributed by atoms with van der Waals surface area (Å²) in [7, 11) is 0. The maximum absolute atomic E-state index is 14.0. The van der Waals surface area contributed by atoms with E-state index in [0.29, 0.717) is 51.6 Å². The second kappa shape index (κ2) is 10.9. The van der Waals surface area contributed by atoms with Gasteiger partial charge in [-0.25, -0.2) is 9.37 Å². The van der Waals surface area contributed by atoms with Gasteiger partial charge in [0.1, 0.15) is 30.0 Å². The molecule has 0 bridgehead atoms. The minimum atomic E-state index is -1.05. The van der Waals surface area contributed by atoms with E-state index in [1.807, 2.05) is 13.8 Å². The van der Waals surface area contributed by atoms with E-state index in [0.717, 1.165) is 16.9 Å². The summed E-state index contributed by atoms with van der Waals surface area (Å²) in [6.07, 6.45) is 2.25. The highest BCUT2D eigenvalue weighted by Crippen LogP contribution is 2.46. The minimum absolute atomic E-state index is 0.00865. The van der Waals surface area contributed by atoms with E-state index in [-0.39, 0.29) is 29.2 Å². The number of hydrogen-bond donors (Lipinski definition) is 1. The molecule has 2 atom stereocenters. The van der Waals surface area contributed by atoms with Gasteiger partial charge < -0.3 is 19.3 Å². The molecule has 3 aromatic carbocycles. The van der Waals surface area contributed by atoms with Crippen LogP contribution in [0.4, 0.5) is 9.52 Å². The smallest absolute Gasteiger partial charge is 0.301 e. The molecule has 4 aromatic rings. The van der Waals surface area contributed by atoms with Crippen molar-refractivity contribution in [3.05, 3.63) is 95.3 Å². The fraction of sp³-hybridized carbons (Fsp3) is 0.219. The number of benzene rings is 3. The molecule has 1 N–H and O–H groups in total. The molecule has 1 amide bonds. The summed E-state index contributed by atoms with van der Waals surface area (Å²) < 4.78 is 31.9. The molecule has 0 aliphatic carbocycles. The average molecular weight is 587 g/mol. The molecule has 1 fully saturated rings. The molecule has 6 rings (SSSR count). The monoisotopic (exact) mass is 586 g/mol. The van der Waals surface area contributed by atoms with Crippen molar-refractivity contribution in [3.63, 3.8) is 0 Å². The van der Waals surface area contributed by atoms with E-state index in [2.05, 4.69) is 11.6 Å². The van der Waals surface area contributed by atoms with Crippen molar-refractivity contribution in [1.29, 1.82) is 0 Å². The van der Waals surface area contributed by atoms with Crippen LogP contribution in [0.2, 0.25) is 0 Å². The number of anilines is 1. The number of Topliss-reactive ketones (excluding diaryl/α,β-unsaturated/α-hetero) is 1. The number of fused-ring (bicyclic) bond motifs is 2. The lowest BCUT2D eigenvalue weighted by atomic mass is 9.94. The number of hydrogen-bond acceptors (Lipinski definition) is 8. The summed E-state index contributed by atoms with van der Waals surface area (Å²) in [4.78, 5) is 33.1. The molecule has 214 valence electrons. The Labute approximate surface area is 245 Å². The van der Waals surface area contributed by atoms with Crippen LogP contribution in [0.3, 0.4) is 0 Å². The molecule has 8 nitrogen and oxygen atoms in total. The molecule has 42 heavy (non-hydrogen) atoms. The second-order valence-electron chi connectivity index (χ2n) is 9.97. The summed E-state index contributed by atoms with van der Waals surface area (Å²) in [6, 6.07) is 13.3. The Morgan fingerprint density at radius 3 is 2.79 bits per heavy atom. The Morgan fingerprint density at radius 1 is 1.17 bits per heavy atom. The fourth-order valence-corrected chi connectivity index (χ4v) is 6.31. The van der Waals surface area contributed by atoms with Crippen LogP contribution in [0.25, 0.3) is 16.0 Å². The molecule has 0 unspecified atom stereocenters. The second-order valence-corrected chi connectivity index (χ2v) is 11.0. The number of amides is 1. The first kappa shape index (κ1) is 27.5. The predicted molar refractivity (Wildman–Crippen MR) is 158 cm³/mol. The third kappa shape index (κ3) is 4.77. The molecule has 0 radical (unpaired) electrons. The summed E-state index contributed by atoms with van der Waals surface area (Å²) >= 11 is 1.08. The standard InChI is InChI=1S/C32H27FN2O6S/c1-4-12-40-24-11-6-18(15-25(24)39-5-2)28-27(29(36)19-7-10-23-20(14-19)13-17(3)41-23)30(37)31(38)35(28)32-34-22-9-8-21(33)16-26(22)42-32/h4,6-11,14-17,28,36H,1,5,12-13H2,2-3H3/t17-,28+/m0/s1. The summed E-state index contributed by atoms with van der Waals surface area (Å²) in [5, 5.41) is 11.8. The fourth-order valence-electron chi connectivity index (χ4n) is 5.29. The van der Waals surface area contributed by atoms with Gasteiger partial charge in [-0.2, -0.15) is 0 Å². The zero-order valence-electron chi connectivity index (χ0n) is 22.9. The maximum Gasteiger partial charge on any atom is 0.301 e. The number of aliphatic hydroxyl groups excluding tert-OH is 1. The van der Waals surface area contributed by atoms with Gasteiger partial charge in [0.15, 0.2) is 16.6 Å². The van der Waals surface area contributed by atoms with Crippen molar-refractivity contribution in [2.75, 3.05) is 18.1 Å². The Kier molecular flexibility index (Phi) is 7.16. The number of ether oxygens (including phenoxy) is 3. The Balaban J connectivity index is 1.54. The number of thiazole rings is 1. The number of halogens is 1. The lowest BCUT2D eigenvalue weighted by Gasteiger charge is -2.24. The summed E-state index contributed by atoms with van der Waals surface area (Å²) in [6.45, 7) is 8.05. The zero-order chi connectivity index (χ0) is 29.5. The number of rotatable bonds is 8. The van der Waals surface area contributed by atoms with E-state index in [1.54, 1.807) is 42.5 Å². The van der Waals surface area contributed by atoms with Crippen LogP contribution in [-0.4, -0.2) is 41.1 Å². The molecular formula is C32H27FN2O6S. The SMILES string of the molecule is C=CCOc1ccc([C@@H]2C(=C(O)c3ccc4c(c3)C[C@H](C)O4)C(=O)C(=O)N2c2nc3ccc(F)cc3s2)cc1OCC. The number of ketones is 1. The van der Waals surface area contributed by atoms with Gasteiger partial charge in [0.25, 0.3) is 5.78 Å². The topological polar surface area (TPSA) is 98.2 Å². The van der Waals surface area contributed by atoms with Gasteiger partial charge in [-0.15, -0.1) is 0 Å². The van der Waals surface area contributed by atoms with Crippen LogP contribution in [0.1, 0.15) is 36.6 Å². The summed E-state index contributed by atoms with van der Waals surface area (Å²) in [5.74, 6) is -0.905. The van der Waals surface area contributed by atoms with Crippen LogP contribution in [-0.2, 0) is 16.0 Å². The summed E-state index contributed by atoms with van der Waals surface area (Å²) in [5.41, 5.74) is 2.16. The van der Waals surface area contributed by atoms with Gasteiger partial charge in [-0.3, -0.25) is 14.5 Å². The molecule has 0 spiro atoms. The third-order valence-corrected chi connectivity index (χ3v) is 8.12. The van der Waals surface area contributed by atoms with Gasteiger partial charge in [0.05, 0.1) is 28.4 Å². The Hall–Kier alpha value is -4.70. The maximum atomic E-state index is 14.0. The van der Waals surface area contributed by atoms with Crippen LogP contribution < -0.4 is 19.1 Å². The number of aliphatic hydroxyl groups is 1. The third-order valence-electron chi connectivity index (χ3n) is 7.10. The van der Waals surface area contributed by atoms with Crippen LogP contribution in [0, 0.1) is 5.82 Å². The molecule has 3 heterocycles. The van der Waals surface area contributed by atoms with Crippen LogP contribution in [0.15, 0.2) is 72.8 Å². The molecule has 10 heteroatoms. The molecule has 2 aliphatic heterocycles. The van der Waals surface area contributed by atoms with Gasteiger partial charge in [0, 0.05) is 12.0 Å². The molecule has 1 aromatic heterocycles. The van der Waals surface area contributed by atoms with E-state index >= 15 is 0 Å². The highest BCUT2D eigenvalue weighted by atomic mass is 32.1. The first-order valence-electron chi connectivity index (χ1n) is 13.5. The largest absolute Gasteiger partial charge is 0.507 e. The van der Waals surface area contributed by atoms with Gasteiger partial charge in [0.2, 0.25) is 0 Å². The number of carbonyl (C=O) groups excluding carboxylic acids is 2. The zero-order valence-corrected chi connectivity index (χ0v) is 23.7. The van der Waals surface area contributed by atoms with Crippen LogP contribution >= 0.6 is 11.3 Å². The number of carbonyl (C=O) groups is 2. The van der Waals surface area contributed by atoms with Crippen molar-refractivity contribution in [2.45, 2.75) is 32.4 Å². The lowest BCUT2D eigenvalue weighted by Crippen LogP contribution is -2.29. The van der Waals surface area contributed by atoms with Gasteiger partial charge in [-0.05, 0) is 73.5 Å². The van der Waals surface area contributed by atoms with E-state index in [1.165, 1.54) is 23.1 Å². The molecule has 0 saturated carbocycles. The molecular weight excluding hydrogens is 559 g/mol. The first-order valence-corrected chi connectivity index (χ1v) is 14.3. The lowest BCUT2D eigenvalue weighted by molar-refractivity contribution is -0.132. The Morgan fingerprint density at radius 2 is 2.00 bits per heavy atom. The van der Waals surface area contributed by atoms with E-state index in [4.69, 9.17) is 14.2 Å². The number of aromatic nitrogens is 1. The van der Waals surface area contributed by atoms with E-state index in [9.17, 15) is 19.1 Å². The van der Waals surface area contributed by atoms with Gasteiger partial charge >= 0.3 is 5.91 Å². The van der Waals surface area contributed by atoms with Crippen molar-refractivity contribution < 1.29 is 33.3 Å².